The summed E-state index contributed by atoms with van der Waals surface area (Å²) in [6, 6.07) is 6.34. The van der Waals surface area contributed by atoms with Crippen molar-refractivity contribution in [3.05, 3.63) is 29.3 Å². The first kappa shape index (κ1) is 11.2. The van der Waals surface area contributed by atoms with Crippen LogP contribution in [0.5, 0.6) is 0 Å². The maximum absolute atomic E-state index is 11.6. The molecule has 2 nitrogen and oxygen atoms in total. The summed E-state index contributed by atoms with van der Waals surface area (Å²) in [6.45, 7) is 8.64. The Morgan fingerprint density at radius 3 is 2.69 bits per heavy atom. The summed E-state index contributed by atoms with van der Waals surface area (Å²) in [5.41, 5.74) is 3.62. The number of hydrogen-bond acceptors (Lipinski definition) is 1. The third-order valence-corrected chi connectivity index (χ3v) is 3.83. The van der Waals surface area contributed by atoms with Crippen molar-refractivity contribution >= 4 is 11.6 Å². The highest BCUT2D eigenvalue weighted by Gasteiger charge is 2.28. The Morgan fingerprint density at radius 2 is 2.06 bits per heavy atom. The van der Waals surface area contributed by atoms with Crippen LogP contribution in [0.25, 0.3) is 0 Å². The average Bonchev–Trinajstić information content (AvgIpc) is 2.55. The molecule has 1 aromatic carbocycles. The molecule has 86 valence electrons. The van der Waals surface area contributed by atoms with Gasteiger partial charge in [-0.2, -0.15) is 0 Å². The van der Waals surface area contributed by atoms with Crippen LogP contribution in [0.2, 0.25) is 0 Å². The van der Waals surface area contributed by atoms with Gasteiger partial charge >= 0.3 is 0 Å². The molecule has 2 heteroatoms. The lowest BCUT2D eigenvalue weighted by Gasteiger charge is -2.24. The van der Waals surface area contributed by atoms with E-state index < -0.39 is 0 Å². The molecule has 0 radical (unpaired) electrons. The van der Waals surface area contributed by atoms with Gasteiger partial charge in [0.05, 0.1) is 5.92 Å². The van der Waals surface area contributed by atoms with E-state index in [0.717, 1.165) is 17.7 Å². The summed E-state index contributed by atoms with van der Waals surface area (Å²) in [6.07, 6.45) is 1.10. The Labute approximate surface area is 97.1 Å². The summed E-state index contributed by atoms with van der Waals surface area (Å²) >= 11 is 0. The molecular weight excluding hydrogens is 198 g/mol. The van der Waals surface area contributed by atoms with Crippen molar-refractivity contribution in [2.24, 2.45) is 0 Å². The van der Waals surface area contributed by atoms with E-state index in [2.05, 4.69) is 38.2 Å². The largest absolute Gasteiger partial charge is 0.325 e. The van der Waals surface area contributed by atoms with Crippen LogP contribution in [0.1, 0.15) is 51.2 Å². The topological polar surface area (TPSA) is 29.1 Å². The number of carbonyl (C=O) groups is 1. The van der Waals surface area contributed by atoms with Gasteiger partial charge in [-0.25, -0.2) is 0 Å². The fraction of sp³-hybridized carbons (Fsp3) is 0.500. The minimum Gasteiger partial charge on any atom is -0.325 e. The van der Waals surface area contributed by atoms with Crippen LogP contribution in [0.15, 0.2) is 18.2 Å². The highest BCUT2D eigenvalue weighted by molar-refractivity contribution is 6.02. The second-order valence-corrected chi connectivity index (χ2v) is 5.25. The molecule has 1 aromatic rings. The van der Waals surface area contributed by atoms with Crippen LogP contribution in [0.3, 0.4) is 0 Å². The van der Waals surface area contributed by atoms with Crippen LogP contribution in [-0.4, -0.2) is 5.91 Å². The normalized spacial score (nSPS) is 19.5. The van der Waals surface area contributed by atoms with Crippen LogP contribution >= 0.6 is 0 Å². The third-order valence-electron chi connectivity index (χ3n) is 3.83. The Hall–Kier alpha value is -1.31. The van der Waals surface area contributed by atoms with Crippen molar-refractivity contribution in [3.8, 4) is 0 Å². The molecule has 0 aromatic heterocycles. The van der Waals surface area contributed by atoms with Crippen molar-refractivity contribution in [2.75, 3.05) is 5.32 Å². The van der Waals surface area contributed by atoms with Gasteiger partial charge in [-0.1, -0.05) is 32.9 Å². The first-order valence-corrected chi connectivity index (χ1v) is 5.91. The molecule has 1 heterocycles. The lowest BCUT2D eigenvalue weighted by Crippen LogP contribution is -2.15. The van der Waals surface area contributed by atoms with Gasteiger partial charge < -0.3 is 5.32 Å². The zero-order valence-corrected chi connectivity index (χ0v) is 10.4. The molecule has 2 rings (SSSR count). The van der Waals surface area contributed by atoms with E-state index in [9.17, 15) is 4.79 Å². The minimum absolute atomic E-state index is 0.0115. The second-order valence-electron chi connectivity index (χ2n) is 5.25. The van der Waals surface area contributed by atoms with Gasteiger partial charge in [0.2, 0.25) is 5.91 Å². The van der Waals surface area contributed by atoms with E-state index in [1.54, 1.807) is 0 Å². The van der Waals surface area contributed by atoms with Crippen LogP contribution in [-0.2, 0) is 10.2 Å². The van der Waals surface area contributed by atoms with Crippen LogP contribution < -0.4 is 5.32 Å². The zero-order chi connectivity index (χ0) is 11.9. The van der Waals surface area contributed by atoms with Gasteiger partial charge in [0.15, 0.2) is 0 Å². The molecule has 16 heavy (non-hydrogen) atoms. The number of nitrogens with one attached hydrogen (secondary N) is 1. The number of anilines is 1. The first-order valence-electron chi connectivity index (χ1n) is 5.91. The number of benzene rings is 1. The van der Waals surface area contributed by atoms with E-state index in [-0.39, 0.29) is 17.2 Å². The van der Waals surface area contributed by atoms with Crippen molar-refractivity contribution in [2.45, 2.75) is 45.4 Å². The molecule has 0 aliphatic carbocycles. The fourth-order valence-electron chi connectivity index (χ4n) is 2.04. The van der Waals surface area contributed by atoms with E-state index in [1.807, 2.05) is 13.0 Å². The molecular formula is C14H19NO. The number of fused-ring (bicyclic) bond motifs is 1. The lowest BCUT2D eigenvalue weighted by molar-refractivity contribution is -0.116. The van der Waals surface area contributed by atoms with Gasteiger partial charge in [0, 0.05) is 5.69 Å². The number of carbonyl (C=O) groups excluding carboxylic acids is 1. The molecule has 1 unspecified atom stereocenters. The Balaban J connectivity index is 2.45. The second kappa shape index (κ2) is 3.62. The SMILES string of the molecule is CCC(C)(C)c1ccc2c(c1)C(C)C(=O)N2. The average molecular weight is 217 g/mol. The molecule has 0 saturated carbocycles. The predicted molar refractivity (Wildman–Crippen MR) is 66.8 cm³/mol. The number of amides is 1. The Morgan fingerprint density at radius 1 is 1.38 bits per heavy atom. The van der Waals surface area contributed by atoms with E-state index in [1.165, 1.54) is 5.56 Å². The summed E-state index contributed by atoms with van der Waals surface area (Å²) in [7, 11) is 0. The van der Waals surface area contributed by atoms with Gasteiger partial charge in [-0.15, -0.1) is 0 Å². The quantitative estimate of drug-likeness (QED) is 0.808. The van der Waals surface area contributed by atoms with Gasteiger partial charge in [-0.05, 0) is 36.0 Å². The monoisotopic (exact) mass is 217 g/mol. The first-order chi connectivity index (χ1) is 7.45. The maximum atomic E-state index is 11.6. The number of rotatable bonds is 2. The minimum atomic E-state index is -0.0115. The summed E-state index contributed by atoms with van der Waals surface area (Å²) in [5, 5.41) is 2.90. The Bertz CT molecular complexity index is 434. The molecule has 0 saturated heterocycles. The van der Waals surface area contributed by atoms with Gasteiger partial charge in [0.1, 0.15) is 0 Å². The standard InChI is InChI=1S/C14H19NO/c1-5-14(3,4)10-6-7-12-11(8-10)9(2)13(16)15-12/h6-9H,5H2,1-4H3,(H,15,16). The fourth-order valence-corrected chi connectivity index (χ4v) is 2.04. The van der Waals surface area contributed by atoms with Crippen LogP contribution in [0, 0.1) is 0 Å². The third kappa shape index (κ3) is 1.62. The predicted octanol–water partition coefficient (Wildman–Crippen LogP) is 3.43. The smallest absolute Gasteiger partial charge is 0.231 e. The molecule has 1 aliphatic rings. The van der Waals surface area contributed by atoms with Gasteiger partial charge in [-0.3, -0.25) is 4.79 Å². The summed E-state index contributed by atoms with van der Waals surface area (Å²) in [5.74, 6) is 0.101. The van der Waals surface area contributed by atoms with E-state index in [4.69, 9.17) is 0 Å². The molecule has 1 aliphatic heterocycles. The van der Waals surface area contributed by atoms with Crippen LogP contribution in [0.4, 0.5) is 5.69 Å². The highest BCUT2D eigenvalue weighted by atomic mass is 16.2. The molecule has 0 spiro atoms. The Kier molecular flexibility index (Phi) is 2.53. The lowest BCUT2D eigenvalue weighted by atomic mass is 9.81. The number of hydrogen-bond donors (Lipinski definition) is 1. The van der Waals surface area contributed by atoms with Crippen molar-refractivity contribution < 1.29 is 4.79 Å². The molecule has 0 bridgehead atoms. The van der Waals surface area contributed by atoms with E-state index >= 15 is 0 Å². The molecule has 1 amide bonds. The summed E-state index contributed by atoms with van der Waals surface area (Å²) < 4.78 is 0. The molecule has 0 fully saturated rings. The van der Waals surface area contributed by atoms with Crippen molar-refractivity contribution in [3.63, 3.8) is 0 Å². The van der Waals surface area contributed by atoms with Crippen molar-refractivity contribution in [1.82, 2.24) is 0 Å². The highest BCUT2D eigenvalue weighted by Crippen LogP contribution is 2.36. The van der Waals surface area contributed by atoms with E-state index in [0.29, 0.717) is 0 Å². The molecule has 1 atom stereocenters. The van der Waals surface area contributed by atoms with Crippen molar-refractivity contribution in [1.29, 1.82) is 0 Å². The molecule has 1 N–H and O–H groups in total. The maximum Gasteiger partial charge on any atom is 0.231 e. The zero-order valence-electron chi connectivity index (χ0n) is 10.4. The van der Waals surface area contributed by atoms with Gasteiger partial charge in [0.25, 0.3) is 0 Å². The summed E-state index contributed by atoms with van der Waals surface area (Å²) in [4.78, 5) is 11.6.